The third kappa shape index (κ3) is 7.29. The molecule has 0 aromatic carbocycles. The number of hydrogen-bond acceptors (Lipinski definition) is 10. The van der Waals surface area contributed by atoms with Crippen molar-refractivity contribution in [2.24, 2.45) is 17.4 Å². The van der Waals surface area contributed by atoms with Crippen LogP contribution in [-0.4, -0.2) is 92.6 Å². The van der Waals surface area contributed by atoms with E-state index in [4.69, 9.17) is 11.5 Å². The van der Waals surface area contributed by atoms with Crippen molar-refractivity contribution >= 4 is 45.7 Å². The molecule has 42 heavy (non-hydrogen) atoms. The second kappa shape index (κ2) is 12.9. The summed E-state index contributed by atoms with van der Waals surface area (Å²) in [4.78, 5) is 53.7. The molecule has 0 spiro atoms. The monoisotopic (exact) mass is 631 g/mol. The van der Waals surface area contributed by atoms with E-state index >= 15 is 0 Å². The first-order chi connectivity index (χ1) is 19.1. The number of aromatic nitrogens is 3. The van der Waals surface area contributed by atoms with Crippen LogP contribution in [0.3, 0.4) is 0 Å². The predicted octanol–water partition coefficient (Wildman–Crippen LogP) is -0.515. The number of halogens is 1. The smallest absolute Gasteiger partial charge is 0.287 e. The number of nitrogens with two attached hydrogens (primary N) is 2. The van der Waals surface area contributed by atoms with Crippen molar-refractivity contribution in [2.75, 3.05) is 18.1 Å². The van der Waals surface area contributed by atoms with Crippen molar-refractivity contribution in [3.8, 4) is 0 Å². The van der Waals surface area contributed by atoms with Crippen LogP contribution in [0.2, 0.25) is 0 Å². The summed E-state index contributed by atoms with van der Waals surface area (Å²) in [6, 6.07) is -2.49. The Morgan fingerprint density at radius 2 is 1.79 bits per heavy atom. The van der Waals surface area contributed by atoms with Gasteiger partial charge in [0.05, 0.1) is 35.5 Å². The third-order valence-electron chi connectivity index (χ3n) is 8.74. The van der Waals surface area contributed by atoms with Crippen molar-refractivity contribution in [3.05, 3.63) is 11.9 Å². The van der Waals surface area contributed by atoms with Crippen LogP contribution < -0.4 is 16.8 Å². The fourth-order valence-electron chi connectivity index (χ4n) is 6.38. The van der Waals surface area contributed by atoms with Gasteiger partial charge in [0.25, 0.3) is 5.91 Å². The number of hydrogen-bond donors (Lipinski definition) is 4. The Bertz CT molecular complexity index is 1280. The summed E-state index contributed by atoms with van der Waals surface area (Å²) in [5, 5.41) is 21.3. The van der Waals surface area contributed by atoms with E-state index < -0.39 is 74.1 Å². The van der Waals surface area contributed by atoms with Gasteiger partial charge in [-0.1, -0.05) is 37.3 Å². The zero-order chi connectivity index (χ0) is 30.2. The Labute approximate surface area is 251 Å². The Kier molecular flexibility index (Phi) is 10.4. The molecule has 1 aromatic heterocycles. The van der Waals surface area contributed by atoms with E-state index in [1.165, 1.54) is 15.8 Å². The Morgan fingerprint density at radius 3 is 2.36 bits per heavy atom. The first-order valence-electron chi connectivity index (χ1n) is 14.2. The van der Waals surface area contributed by atoms with E-state index in [1.807, 2.05) is 0 Å². The highest BCUT2D eigenvalue weighted by Gasteiger charge is 2.50. The number of sulfone groups is 1. The van der Waals surface area contributed by atoms with Gasteiger partial charge in [-0.15, -0.1) is 17.5 Å². The van der Waals surface area contributed by atoms with E-state index in [2.05, 4.69) is 15.6 Å². The number of primary amides is 1. The summed E-state index contributed by atoms with van der Waals surface area (Å²) >= 11 is 0. The van der Waals surface area contributed by atoms with Crippen molar-refractivity contribution in [2.45, 2.75) is 101 Å². The lowest BCUT2D eigenvalue weighted by atomic mass is 9.84. The van der Waals surface area contributed by atoms with Gasteiger partial charge in [-0.3, -0.25) is 19.2 Å². The number of Topliss-reactive ketones (excluding diaryl/α,β-unsaturated/α-hetero) is 1. The summed E-state index contributed by atoms with van der Waals surface area (Å²) < 4.78 is 25.7. The molecule has 0 radical (unpaired) electrons. The number of nitrogens with zero attached hydrogens (tertiary/aromatic N) is 4. The van der Waals surface area contributed by atoms with Crippen LogP contribution in [0.5, 0.6) is 0 Å². The summed E-state index contributed by atoms with van der Waals surface area (Å²) in [5.41, 5.74) is 8.98. The van der Waals surface area contributed by atoms with E-state index in [1.54, 1.807) is 13.8 Å². The minimum Gasteiger partial charge on any atom is -0.384 e. The number of carbonyl (C=O) groups is 4. The molecule has 14 nitrogen and oxygen atoms in total. The molecule has 1 saturated carbocycles. The van der Waals surface area contributed by atoms with E-state index in [0.717, 1.165) is 32.1 Å². The highest BCUT2D eigenvalue weighted by Crippen LogP contribution is 2.34. The third-order valence-corrected chi connectivity index (χ3v) is 10.4. The zero-order valence-corrected chi connectivity index (χ0v) is 25.7. The summed E-state index contributed by atoms with van der Waals surface area (Å²) in [5.74, 6) is -4.00. The number of likely N-dealkylation sites (tertiary alicyclic amines) is 1. The second-order valence-electron chi connectivity index (χ2n) is 12.3. The number of aliphatic hydroxyl groups is 1. The lowest BCUT2D eigenvalue weighted by Gasteiger charge is -2.37. The van der Waals surface area contributed by atoms with Gasteiger partial charge in [-0.25, -0.2) is 13.1 Å². The van der Waals surface area contributed by atoms with Gasteiger partial charge < -0.3 is 26.8 Å². The topological polar surface area (TPSA) is 221 Å². The van der Waals surface area contributed by atoms with Gasteiger partial charge >= 0.3 is 0 Å². The van der Waals surface area contributed by atoms with Gasteiger partial charge in [0, 0.05) is 13.0 Å². The van der Waals surface area contributed by atoms with E-state index in [-0.39, 0.29) is 38.2 Å². The minimum absolute atomic E-state index is 0. The molecular weight excluding hydrogens is 590 g/mol. The molecule has 0 bridgehead atoms. The highest BCUT2D eigenvalue weighted by molar-refractivity contribution is 7.91. The van der Waals surface area contributed by atoms with Crippen molar-refractivity contribution in [3.63, 3.8) is 0 Å². The van der Waals surface area contributed by atoms with Gasteiger partial charge in [-0.2, -0.15) is 0 Å². The lowest BCUT2D eigenvalue weighted by Crippen LogP contribution is -2.64. The molecular formula is C26H42ClN7O7S. The van der Waals surface area contributed by atoms with Crippen molar-refractivity contribution in [1.29, 1.82) is 0 Å². The first kappa shape index (κ1) is 33.9. The Hall–Kier alpha value is -2.62. The standard InChI is InChI=1S/C26H41N7O7S.ClH/c1-25(2,38)20-14-29-31-33(20)17-13-19(32(15-17)24(37)18(27)12-16-6-4-3-5-7-16)23(36)30-26(21(34)22(28)35)8-10-41(39,40)11-9-26;/h14,16-19,38H,3-13,15,27H2,1-2H3,(H2,28,35)(H,30,36);1H/t17?,18-,19?;/m1./s1. The number of amides is 3. The quantitative estimate of drug-likeness (QED) is 0.255. The van der Waals surface area contributed by atoms with Crippen LogP contribution in [0.25, 0.3) is 0 Å². The van der Waals surface area contributed by atoms with Crippen molar-refractivity contribution < 1.29 is 32.7 Å². The minimum atomic E-state index is -3.45. The molecule has 3 amide bonds. The second-order valence-corrected chi connectivity index (χ2v) is 14.6. The summed E-state index contributed by atoms with van der Waals surface area (Å²) in [7, 11) is -3.45. The average Bonchev–Trinajstić information content (AvgIpc) is 3.57. The molecule has 3 fully saturated rings. The maximum absolute atomic E-state index is 13.8. The predicted molar refractivity (Wildman–Crippen MR) is 154 cm³/mol. The lowest BCUT2D eigenvalue weighted by molar-refractivity contribution is -0.145. The molecule has 3 aliphatic rings. The molecule has 3 heterocycles. The van der Waals surface area contributed by atoms with Gasteiger partial charge in [0.15, 0.2) is 9.84 Å². The van der Waals surface area contributed by atoms with Crippen LogP contribution in [0.15, 0.2) is 6.20 Å². The van der Waals surface area contributed by atoms with Gasteiger partial charge in [0.1, 0.15) is 17.2 Å². The number of nitrogens with one attached hydrogen (secondary N) is 1. The van der Waals surface area contributed by atoms with Crippen molar-refractivity contribution in [1.82, 2.24) is 25.2 Å². The number of ketones is 1. The normalized spacial score (nSPS) is 24.8. The summed E-state index contributed by atoms with van der Waals surface area (Å²) in [6.45, 7) is 3.19. The van der Waals surface area contributed by atoms with Crippen LogP contribution in [0.4, 0.5) is 0 Å². The SMILES string of the molecule is CC(C)(O)c1cnnn1C1CC(C(=O)NC2(C(=O)C(N)=O)CCS(=O)(=O)CC2)N(C(=O)[C@H](N)CC2CCCCC2)C1.Cl. The van der Waals surface area contributed by atoms with E-state index in [0.29, 0.717) is 18.0 Å². The maximum atomic E-state index is 13.8. The van der Waals surface area contributed by atoms with Crippen LogP contribution in [-0.2, 0) is 34.6 Å². The molecule has 16 heteroatoms. The molecule has 4 rings (SSSR count). The van der Waals surface area contributed by atoms with Crippen LogP contribution >= 0.6 is 12.4 Å². The average molecular weight is 632 g/mol. The maximum Gasteiger partial charge on any atom is 0.287 e. The molecule has 2 aliphatic heterocycles. The molecule has 3 atom stereocenters. The largest absolute Gasteiger partial charge is 0.384 e. The fourth-order valence-corrected chi connectivity index (χ4v) is 7.90. The zero-order valence-electron chi connectivity index (χ0n) is 24.0. The molecule has 6 N–H and O–H groups in total. The Balaban J connectivity index is 0.00000484. The molecule has 236 valence electrons. The molecule has 1 aliphatic carbocycles. The number of rotatable bonds is 9. The highest BCUT2D eigenvalue weighted by atomic mass is 35.5. The molecule has 1 aromatic rings. The van der Waals surface area contributed by atoms with Crippen LogP contribution in [0, 0.1) is 5.92 Å². The van der Waals surface area contributed by atoms with Gasteiger partial charge in [0.2, 0.25) is 17.6 Å². The Morgan fingerprint density at radius 1 is 1.17 bits per heavy atom. The van der Waals surface area contributed by atoms with Crippen LogP contribution in [0.1, 0.15) is 83.4 Å². The van der Waals surface area contributed by atoms with E-state index in [9.17, 15) is 32.7 Å². The molecule has 2 unspecified atom stereocenters. The molecule has 2 saturated heterocycles. The fraction of sp³-hybridized carbons (Fsp3) is 0.769. The summed E-state index contributed by atoms with van der Waals surface area (Å²) in [6.07, 6.45) is 6.65. The number of carbonyl (C=O) groups excluding carboxylic acids is 4. The first-order valence-corrected chi connectivity index (χ1v) is 16.0. The van der Waals surface area contributed by atoms with Gasteiger partial charge in [-0.05, 0) is 39.0 Å².